The molecule has 1 atom stereocenters. The molecule has 198 valence electrons. The molecule has 0 saturated carbocycles. The molecular weight excluding hydrogens is 480 g/mol. The van der Waals surface area contributed by atoms with E-state index in [0.29, 0.717) is 31.8 Å². The number of hydrogen-bond donors (Lipinski definition) is 1. The van der Waals surface area contributed by atoms with Gasteiger partial charge in [0, 0.05) is 68.8 Å². The van der Waals surface area contributed by atoms with E-state index in [1.54, 1.807) is 14.2 Å². The monoisotopic (exact) mass is 514 g/mol. The summed E-state index contributed by atoms with van der Waals surface area (Å²) < 4.78 is 10.7. The summed E-state index contributed by atoms with van der Waals surface area (Å²) in [4.78, 5) is 32.3. The van der Waals surface area contributed by atoms with Gasteiger partial charge in [-0.15, -0.1) is 0 Å². The summed E-state index contributed by atoms with van der Waals surface area (Å²) in [6.45, 7) is 3.98. The van der Waals surface area contributed by atoms with Gasteiger partial charge in [0.15, 0.2) is 0 Å². The average Bonchev–Trinajstić information content (AvgIpc) is 3.23. The van der Waals surface area contributed by atoms with Crippen molar-refractivity contribution in [3.8, 4) is 5.75 Å². The van der Waals surface area contributed by atoms with Crippen molar-refractivity contribution in [1.29, 1.82) is 0 Å². The molecule has 5 rings (SSSR count). The van der Waals surface area contributed by atoms with Crippen LogP contribution in [0.2, 0.25) is 0 Å². The zero-order chi connectivity index (χ0) is 26.5. The summed E-state index contributed by atoms with van der Waals surface area (Å²) in [6.07, 6.45) is 0.492. The standard InChI is InChI=1S/C30H34N4O4/c1-37-21-7-16-34-28(24-8-3-4-9-25(24)30(34)36)31-23-14-12-22(13-15-23)29(35)33-19-17-32(18-20-33)26-10-5-6-11-27(26)38-2/h3-6,8-15,28,31H,7,16-21H2,1-2H3. The fourth-order valence-corrected chi connectivity index (χ4v) is 5.23. The third-order valence-electron chi connectivity index (χ3n) is 7.23. The second-order valence-corrected chi connectivity index (χ2v) is 9.51. The van der Waals surface area contributed by atoms with E-state index in [2.05, 4.69) is 16.3 Å². The van der Waals surface area contributed by atoms with Crippen LogP contribution < -0.4 is 15.0 Å². The van der Waals surface area contributed by atoms with Crippen molar-refractivity contribution >= 4 is 23.2 Å². The number of nitrogens with zero attached hydrogens (tertiary/aromatic N) is 3. The van der Waals surface area contributed by atoms with Crippen LogP contribution in [-0.4, -0.2) is 75.2 Å². The van der Waals surface area contributed by atoms with Crippen LogP contribution in [0.25, 0.3) is 0 Å². The number of anilines is 2. The Kier molecular flexibility index (Phi) is 7.79. The molecular formula is C30H34N4O4. The molecule has 1 N–H and O–H groups in total. The van der Waals surface area contributed by atoms with E-state index < -0.39 is 0 Å². The van der Waals surface area contributed by atoms with E-state index in [-0.39, 0.29) is 18.0 Å². The molecule has 0 aromatic heterocycles. The summed E-state index contributed by atoms with van der Waals surface area (Å²) in [5.41, 5.74) is 4.25. The molecule has 0 bridgehead atoms. The maximum Gasteiger partial charge on any atom is 0.256 e. The third-order valence-corrected chi connectivity index (χ3v) is 7.23. The Hall–Kier alpha value is -4.04. The first kappa shape index (κ1) is 25.6. The molecule has 8 nitrogen and oxygen atoms in total. The van der Waals surface area contributed by atoms with Crippen LogP contribution in [0.4, 0.5) is 11.4 Å². The van der Waals surface area contributed by atoms with Gasteiger partial charge >= 0.3 is 0 Å². The van der Waals surface area contributed by atoms with Crippen LogP contribution >= 0.6 is 0 Å². The molecule has 2 aliphatic rings. The zero-order valence-corrected chi connectivity index (χ0v) is 21.9. The zero-order valence-electron chi connectivity index (χ0n) is 21.9. The van der Waals surface area contributed by atoms with E-state index in [1.165, 1.54) is 0 Å². The summed E-state index contributed by atoms with van der Waals surface area (Å²) in [5, 5.41) is 3.51. The van der Waals surface area contributed by atoms with Crippen molar-refractivity contribution in [2.75, 3.05) is 63.8 Å². The Morgan fingerprint density at radius 2 is 1.63 bits per heavy atom. The molecule has 2 aliphatic heterocycles. The van der Waals surface area contributed by atoms with Gasteiger partial charge in [0.05, 0.1) is 12.8 Å². The van der Waals surface area contributed by atoms with Crippen molar-refractivity contribution in [2.45, 2.75) is 12.6 Å². The fourth-order valence-electron chi connectivity index (χ4n) is 5.23. The number of carbonyl (C=O) groups excluding carboxylic acids is 2. The van der Waals surface area contributed by atoms with Crippen molar-refractivity contribution in [1.82, 2.24) is 9.80 Å². The van der Waals surface area contributed by atoms with E-state index in [0.717, 1.165) is 47.8 Å². The van der Waals surface area contributed by atoms with Crippen LogP contribution in [0.15, 0.2) is 72.8 Å². The minimum atomic E-state index is -0.264. The quantitative estimate of drug-likeness (QED) is 0.430. The Morgan fingerprint density at radius 3 is 2.37 bits per heavy atom. The van der Waals surface area contributed by atoms with Gasteiger partial charge in [-0.05, 0) is 48.9 Å². The predicted octanol–water partition coefficient (Wildman–Crippen LogP) is 4.26. The number of fused-ring (bicyclic) bond motifs is 1. The van der Waals surface area contributed by atoms with Gasteiger partial charge in [-0.3, -0.25) is 9.59 Å². The van der Waals surface area contributed by atoms with E-state index >= 15 is 0 Å². The van der Waals surface area contributed by atoms with Gasteiger partial charge in [-0.2, -0.15) is 0 Å². The fraction of sp³-hybridized carbons (Fsp3) is 0.333. The van der Waals surface area contributed by atoms with E-state index in [4.69, 9.17) is 9.47 Å². The normalized spacial score (nSPS) is 16.9. The highest BCUT2D eigenvalue weighted by molar-refractivity contribution is 5.99. The Morgan fingerprint density at radius 1 is 0.921 bits per heavy atom. The molecule has 0 spiro atoms. The minimum absolute atomic E-state index is 0.0215. The first-order valence-corrected chi connectivity index (χ1v) is 13.0. The number of carbonyl (C=O) groups is 2. The number of ether oxygens (including phenoxy) is 2. The smallest absolute Gasteiger partial charge is 0.256 e. The second kappa shape index (κ2) is 11.6. The van der Waals surface area contributed by atoms with Gasteiger partial charge in [0.1, 0.15) is 11.9 Å². The molecule has 1 saturated heterocycles. The molecule has 2 heterocycles. The van der Waals surface area contributed by atoms with Crippen molar-refractivity contribution in [2.24, 2.45) is 0 Å². The lowest BCUT2D eigenvalue weighted by atomic mass is 10.1. The second-order valence-electron chi connectivity index (χ2n) is 9.51. The number of hydrogen-bond acceptors (Lipinski definition) is 6. The molecule has 3 aromatic carbocycles. The maximum absolute atomic E-state index is 13.2. The number of benzene rings is 3. The SMILES string of the molecule is COCCCN1C(=O)c2ccccc2C1Nc1ccc(C(=O)N2CCN(c3ccccc3OC)CC2)cc1. The van der Waals surface area contributed by atoms with Crippen molar-refractivity contribution in [3.05, 3.63) is 89.5 Å². The minimum Gasteiger partial charge on any atom is -0.495 e. The molecule has 1 fully saturated rings. The van der Waals surface area contributed by atoms with Crippen LogP contribution in [0, 0.1) is 0 Å². The lowest BCUT2D eigenvalue weighted by Gasteiger charge is -2.36. The van der Waals surface area contributed by atoms with Crippen molar-refractivity contribution < 1.29 is 19.1 Å². The first-order chi connectivity index (χ1) is 18.6. The van der Waals surface area contributed by atoms with E-state index in [1.807, 2.05) is 76.5 Å². The predicted molar refractivity (Wildman–Crippen MR) is 148 cm³/mol. The van der Waals surface area contributed by atoms with Gasteiger partial charge in [0.2, 0.25) is 0 Å². The van der Waals surface area contributed by atoms with Crippen LogP contribution in [-0.2, 0) is 4.74 Å². The van der Waals surface area contributed by atoms with Crippen LogP contribution in [0.1, 0.15) is 38.9 Å². The Balaban J connectivity index is 1.23. The molecule has 3 aromatic rings. The summed E-state index contributed by atoms with van der Waals surface area (Å²) >= 11 is 0. The first-order valence-electron chi connectivity index (χ1n) is 13.0. The highest BCUT2D eigenvalue weighted by Crippen LogP contribution is 2.34. The Bertz CT molecular complexity index is 1270. The molecule has 8 heteroatoms. The van der Waals surface area contributed by atoms with Crippen LogP contribution in [0.5, 0.6) is 5.75 Å². The van der Waals surface area contributed by atoms with Gasteiger partial charge in [0.25, 0.3) is 11.8 Å². The lowest BCUT2D eigenvalue weighted by molar-refractivity contribution is 0.0720. The molecule has 38 heavy (non-hydrogen) atoms. The summed E-state index contributed by atoms with van der Waals surface area (Å²) in [6, 6.07) is 23.2. The third kappa shape index (κ3) is 5.17. The average molecular weight is 515 g/mol. The lowest BCUT2D eigenvalue weighted by Crippen LogP contribution is -2.48. The maximum atomic E-state index is 13.2. The number of methoxy groups -OCH3 is 2. The number of amides is 2. The topological polar surface area (TPSA) is 74.4 Å². The summed E-state index contributed by atoms with van der Waals surface area (Å²) in [5.74, 6) is 0.895. The Labute approximate surface area is 223 Å². The molecule has 0 aliphatic carbocycles. The molecule has 1 unspecified atom stereocenters. The van der Waals surface area contributed by atoms with Gasteiger partial charge in [-0.1, -0.05) is 30.3 Å². The van der Waals surface area contributed by atoms with Crippen molar-refractivity contribution in [3.63, 3.8) is 0 Å². The van der Waals surface area contributed by atoms with Crippen LogP contribution in [0.3, 0.4) is 0 Å². The molecule has 0 radical (unpaired) electrons. The number of nitrogens with one attached hydrogen (secondary N) is 1. The number of rotatable bonds is 9. The number of para-hydroxylation sites is 2. The number of piperazine rings is 1. The highest BCUT2D eigenvalue weighted by atomic mass is 16.5. The van der Waals surface area contributed by atoms with Gasteiger partial charge < -0.3 is 29.5 Å². The molecule has 2 amide bonds. The van der Waals surface area contributed by atoms with E-state index in [9.17, 15) is 9.59 Å². The summed E-state index contributed by atoms with van der Waals surface area (Å²) in [7, 11) is 3.35. The van der Waals surface area contributed by atoms with Gasteiger partial charge in [-0.25, -0.2) is 0 Å². The highest BCUT2D eigenvalue weighted by Gasteiger charge is 2.36. The largest absolute Gasteiger partial charge is 0.495 e.